The molecule has 208 valence electrons. The van der Waals surface area contributed by atoms with Crippen LogP contribution in [0.15, 0.2) is 30.5 Å². The molecule has 37 heavy (non-hydrogen) atoms. The Bertz CT molecular complexity index is 959. The molecule has 2 aliphatic rings. The van der Waals surface area contributed by atoms with Crippen LogP contribution in [0.4, 0.5) is 0 Å². The van der Waals surface area contributed by atoms with E-state index in [4.69, 9.17) is 36.9 Å². The summed E-state index contributed by atoms with van der Waals surface area (Å²) in [6.07, 6.45) is 7.66. The summed E-state index contributed by atoms with van der Waals surface area (Å²) in [5.41, 5.74) is 7.92. The number of aromatic nitrogens is 2. The number of aryl methyl sites for hydroxylation is 1. The predicted molar refractivity (Wildman–Crippen MR) is 150 cm³/mol. The van der Waals surface area contributed by atoms with Gasteiger partial charge in [-0.05, 0) is 89.0 Å². The lowest BCUT2D eigenvalue weighted by molar-refractivity contribution is -0.112. The summed E-state index contributed by atoms with van der Waals surface area (Å²) in [4.78, 5) is 5.78. The molecule has 3 N–H and O–H groups in total. The van der Waals surface area contributed by atoms with E-state index < -0.39 is 0 Å². The molecule has 1 aromatic carbocycles. The second kappa shape index (κ2) is 15.0. The van der Waals surface area contributed by atoms with Gasteiger partial charge >= 0.3 is 0 Å². The maximum atomic E-state index is 6.00. The first-order valence-corrected chi connectivity index (χ1v) is 13.9. The largest absolute Gasteiger partial charge is 0.494 e. The molecule has 8 nitrogen and oxygen atoms in total. The molecule has 0 spiro atoms. The number of nitrogens with zero attached hydrogens (tertiary/aromatic N) is 2. The van der Waals surface area contributed by atoms with Crippen LogP contribution in [-0.4, -0.2) is 80.5 Å². The Balaban J connectivity index is 0.000000414. The predicted octanol–water partition coefficient (Wildman–Crippen LogP) is 4.42. The summed E-state index contributed by atoms with van der Waals surface area (Å²) in [6, 6.07) is 8.67. The highest BCUT2D eigenvalue weighted by Gasteiger charge is 2.35. The van der Waals surface area contributed by atoms with Gasteiger partial charge in [0, 0.05) is 57.8 Å². The molecule has 0 bridgehead atoms. The molecule has 1 unspecified atom stereocenters. The molecule has 4 rings (SSSR count). The monoisotopic (exact) mass is 534 g/mol. The second-order valence-corrected chi connectivity index (χ2v) is 10.6. The highest BCUT2D eigenvalue weighted by molar-refractivity contribution is 7.71. The number of likely N-dealkylation sites (tertiary alicyclic amines) is 1. The van der Waals surface area contributed by atoms with Crippen LogP contribution in [0.1, 0.15) is 50.3 Å². The maximum Gasteiger partial charge on any atom is 0.177 e. The number of aromatic amines is 1. The lowest BCUT2D eigenvalue weighted by Crippen LogP contribution is -2.37. The van der Waals surface area contributed by atoms with Crippen LogP contribution in [0.5, 0.6) is 5.75 Å². The first-order valence-electron chi connectivity index (χ1n) is 13.5. The van der Waals surface area contributed by atoms with Crippen LogP contribution in [0.2, 0.25) is 0 Å². The van der Waals surface area contributed by atoms with Crippen molar-refractivity contribution in [1.29, 1.82) is 0 Å². The minimum atomic E-state index is -0.269. The number of imidazole rings is 1. The molecule has 2 aromatic rings. The topological polar surface area (TPSA) is 86.9 Å². The molecule has 0 aliphatic carbocycles. The average Bonchev–Trinajstić information content (AvgIpc) is 3.52. The van der Waals surface area contributed by atoms with Gasteiger partial charge in [-0.15, -0.1) is 0 Å². The van der Waals surface area contributed by atoms with E-state index in [0.717, 1.165) is 68.4 Å². The zero-order valence-corrected chi connectivity index (χ0v) is 23.9. The van der Waals surface area contributed by atoms with E-state index in [1.807, 2.05) is 6.92 Å². The third-order valence-corrected chi connectivity index (χ3v) is 7.62. The molecule has 0 radical (unpaired) electrons. The number of ether oxygens (including phenoxy) is 4. The lowest BCUT2D eigenvalue weighted by atomic mass is 9.74. The van der Waals surface area contributed by atoms with E-state index in [9.17, 15) is 0 Å². The van der Waals surface area contributed by atoms with E-state index in [-0.39, 0.29) is 17.7 Å². The number of methoxy groups -OCH3 is 2. The van der Waals surface area contributed by atoms with E-state index in [1.54, 1.807) is 14.2 Å². The minimum Gasteiger partial charge on any atom is -0.494 e. The summed E-state index contributed by atoms with van der Waals surface area (Å²) in [7, 11) is 3.13. The molecule has 3 heterocycles. The van der Waals surface area contributed by atoms with Crippen molar-refractivity contribution < 1.29 is 18.9 Å². The zero-order valence-electron chi connectivity index (χ0n) is 23.0. The maximum absolute atomic E-state index is 6.00. The molecule has 1 atom stereocenters. The number of benzene rings is 1. The summed E-state index contributed by atoms with van der Waals surface area (Å²) >= 11 is 5.51. The van der Waals surface area contributed by atoms with Crippen molar-refractivity contribution in [2.75, 3.05) is 53.7 Å². The van der Waals surface area contributed by atoms with Crippen LogP contribution < -0.4 is 10.5 Å². The molecule has 2 saturated heterocycles. The van der Waals surface area contributed by atoms with Gasteiger partial charge in [-0.1, -0.05) is 12.1 Å². The van der Waals surface area contributed by atoms with Gasteiger partial charge in [0.2, 0.25) is 0 Å². The number of hydrogen-bond donors (Lipinski definition) is 2. The Hall–Kier alpha value is -1.75. The minimum absolute atomic E-state index is 0.0550. The van der Waals surface area contributed by atoms with Gasteiger partial charge in [-0.3, -0.25) is 0 Å². The molecule has 0 amide bonds. The van der Waals surface area contributed by atoms with Gasteiger partial charge in [-0.2, -0.15) is 0 Å². The summed E-state index contributed by atoms with van der Waals surface area (Å²) < 4.78 is 24.3. The fraction of sp³-hybridized carbons (Fsp3) is 0.679. The SMILES string of the molecule is COC(OC)C(C)N.Cc1cn(CC2(c3ccc(OCCCN4CCCC4)cc3)CCOCC2)c(=S)[nH]1. The van der Waals surface area contributed by atoms with Crippen molar-refractivity contribution in [3.05, 3.63) is 46.5 Å². The van der Waals surface area contributed by atoms with Crippen molar-refractivity contribution in [1.82, 2.24) is 14.5 Å². The summed E-state index contributed by atoms with van der Waals surface area (Å²) in [5, 5.41) is 0. The first-order chi connectivity index (χ1) is 17.9. The van der Waals surface area contributed by atoms with Crippen LogP contribution in [0, 0.1) is 11.7 Å². The van der Waals surface area contributed by atoms with Gasteiger partial charge in [0.1, 0.15) is 5.75 Å². The molecular weight excluding hydrogens is 488 g/mol. The summed E-state index contributed by atoms with van der Waals surface area (Å²) in [6.45, 7) is 10.8. The van der Waals surface area contributed by atoms with Crippen molar-refractivity contribution in [2.45, 2.75) is 70.2 Å². The van der Waals surface area contributed by atoms with Gasteiger partial charge in [0.15, 0.2) is 11.1 Å². The van der Waals surface area contributed by atoms with E-state index in [2.05, 4.69) is 51.8 Å². The number of hydrogen-bond acceptors (Lipinski definition) is 7. The van der Waals surface area contributed by atoms with Gasteiger partial charge in [0.05, 0.1) is 12.6 Å². The Labute approximate surface area is 227 Å². The van der Waals surface area contributed by atoms with Crippen molar-refractivity contribution >= 4 is 12.2 Å². The molecule has 0 saturated carbocycles. The van der Waals surface area contributed by atoms with Crippen LogP contribution in [-0.2, 0) is 26.2 Å². The average molecular weight is 535 g/mol. The fourth-order valence-electron chi connectivity index (χ4n) is 5.22. The summed E-state index contributed by atoms with van der Waals surface area (Å²) in [5.74, 6) is 0.964. The molecule has 2 fully saturated rings. The zero-order chi connectivity index (χ0) is 26.7. The normalized spacial score (nSPS) is 18.4. The number of rotatable bonds is 11. The molecule has 9 heteroatoms. The Morgan fingerprint density at radius 1 is 1.11 bits per heavy atom. The fourth-order valence-corrected chi connectivity index (χ4v) is 5.50. The Morgan fingerprint density at radius 3 is 2.27 bits per heavy atom. The Morgan fingerprint density at radius 2 is 1.76 bits per heavy atom. The highest BCUT2D eigenvalue weighted by atomic mass is 32.1. The van der Waals surface area contributed by atoms with E-state index in [0.29, 0.717) is 0 Å². The van der Waals surface area contributed by atoms with E-state index in [1.165, 1.54) is 31.5 Å². The van der Waals surface area contributed by atoms with Gasteiger partial charge in [-0.25, -0.2) is 0 Å². The van der Waals surface area contributed by atoms with Crippen LogP contribution in [0.3, 0.4) is 0 Å². The molecular formula is C28H46N4O4S. The number of nitrogens with two attached hydrogens (primary N) is 1. The smallest absolute Gasteiger partial charge is 0.177 e. The highest BCUT2D eigenvalue weighted by Crippen LogP contribution is 2.37. The Kier molecular flexibility index (Phi) is 12.1. The van der Waals surface area contributed by atoms with Gasteiger partial charge < -0.3 is 39.1 Å². The van der Waals surface area contributed by atoms with Crippen molar-refractivity contribution in [3.8, 4) is 5.75 Å². The third-order valence-electron chi connectivity index (χ3n) is 7.28. The van der Waals surface area contributed by atoms with Crippen LogP contribution >= 0.6 is 12.2 Å². The van der Waals surface area contributed by atoms with E-state index >= 15 is 0 Å². The third kappa shape index (κ3) is 8.90. The second-order valence-electron chi connectivity index (χ2n) is 10.2. The molecule has 1 aromatic heterocycles. The van der Waals surface area contributed by atoms with Crippen LogP contribution in [0.25, 0.3) is 0 Å². The first kappa shape index (κ1) is 29.8. The number of nitrogens with one attached hydrogen (secondary N) is 1. The lowest BCUT2D eigenvalue weighted by Gasteiger charge is -2.38. The standard InChI is InChI=1S/C23H33N3O2S.C5H13NO2/c1-19-17-26(22(29)24-19)18-23(9-15-27-16-10-23)20-5-7-21(8-6-20)28-14-4-13-25-11-2-3-12-25;1-4(6)5(7-2)8-3/h5-8,17H,2-4,9-16,18H2,1H3,(H,24,29);4-5H,6H2,1-3H3. The quantitative estimate of drug-likeness (QED) is 0.251. The molecule has 2 aliphatic heterocycles. The van der Waals surface area contributed by atoms with Gasteiger partial charge in [0.25, 0.3) is 0 Å². The number of H-pyrrole nitrogens is 1. The van der Waals surface area contributed by atoms with Crippen molar-refractivity contribution in [2.24, 2.45) is 5.73 Å². The van der Waals surface area contributed by atoms with Crippen molar-refractivity contribution in [3.63, 3.8) is 0 Å².